The Morgan fingerprint density at radius 1 is 1.04 bits per heavy atom. The molecule has 11 nitrogen and oxygen atoms in total. The van der Waals surface area contributed by atoms with Crippen molar-refractivity contribution in [3.05, 3.63) is 57.8 Å². The van der Waals surface area contributed by atoms with Gasteiger partial charge in [-0.25, -0.2) is 0 Å². The minimum atomic E-state index is -1.68. The van der Waals surface area contributed by atoms with E-state index in [1.807, 2.05) is 19.9 Å². The highest BCUT2D eigenvalue weighted by Crippen LogP contribution is 2.41. The van der Waals surface area contributed by atoms with Gasteiger partial charge in [-0.15, -0.1) is 0 Å². The molecule has 3 heterocycles. The summed E-state index contributed by atoms with van der Waals surface area (Å²) in [6.45, 7) is 11.2. The quantitative estimate of drug-likeness (QED) is 0.172. The summed E-state index contributed by atoms with van der Waals surface area (Å²) in [5.41, 5.74) is 1.52. The van der Waals surface area contributed by atoms with Gasteiger partial charge in [-0.1, -0.05) is 18.6 Å². The standard InChI is InChI=1S/C36H47NO10/c1-20(2)7-12-25-27(44-18-6-15-37-16-13-21(3)14-17-37)19-26(38)28-30(40)35(47-36-32(42)31(41)29(39)22(4)45-36)33(46-34(25)28)23-8-10-24(43-5)11-9-23/h7-11,19,21-22,29,31-32,36,38-39,41-42H,6,12-18H2,1-5H3/t22-,29-,31+,32+,36-/m0/s1. The fourth-order valence-corrected chi connectivity index (χ4v) is 6.01. The van der Waals surface area contributed by atoms with Gasteiger partial charge in [0.15, 0.2) is 5.76 Å². The van der Waals surface area contributed by atoms with Crippen LogP contribution >= 0.6 is 0 Å². The van der Waals surface area contributed by atoms with Gasteiger partial charge in [0.25, 0.3) is 0 Å². The van der Waals surface area contributed by atoms with E-state index in [2.05, 4.69) is 11.8 Å². The number of allylic oxidation sites excluding steroid dienone is 2. The van der Waals surface area contributed by atoms with E-state index >= 15 is 0 Å². The van der Waals surface area contributed by atoms with E-state index in [1.54, 1.807) is 24.3 Å². The van der Waals surface area contributed by atoms with E-state index in [0.717, 1.165) is 37.5 Å². The Balaban J connectivity index is 1.58. The lowest BCUT2D eigenvalue weighted by Gasteiger charge is -2.38. The second-order valence-electron chi connectivity index (χ2n) is 12.9. The highest BCUT2D eigenvalue weighted by molar-refractivity contribution is 5.91. The van der Waals surface area contributed by atoms with Crippen LogP contribution < -0.4 is 19.6 Å². The molecule has 0 saturated carbocycles. The first-order chi connectivity index (χ1) is 22.5. The number of phenolic OH excluding ortho intramolecular Hbond substituents is 1. The van der Waals surface area contributed by atoms with Crippen LogP contribution in [0.4, 0.5) is 0 Å². The largest absolute Gasteiger partial charge is 0.507 e. The number of aliphatic hydroxyl groups is 3. The van der Waals surface area contributed by atoms with Crippen molar-refractivity contribution in [3.63, 3.8) is 0 Å². The van der Waals surface area contributed by atoms with E-state index in [1.165, 1.54) is 32.9 Å². The third-order valence-electron chi connectivity index (χ3n) is 9.03. The predicted molar refractivity (Wildman–Crippen MR) is 177 cm³/mol. The van der Waals surface area contributed by atoms with Crippen LogP contribution in [0, 0.1) is 5.92 Å². The summed E-state index contributed by atoms with van der Waals surface area (Å²) in [4.78, 5) is 16.7. The lowest BCUT2D eigenvalue weighted by Crippen LogP contribution is -2.58. The van der Waals surface area contributed by atoms with Gasteiger partial charge in [0, 0.05) is 23.7 Å². The van der Waals surface area contributed by atoms with Crippen molar-refractivity contribution in [2.24, 2.45) is 5.92 Å². The van der Waals surface area contributed by atoms with Crippen molar-refractivity contribution in [1.82, 2.24) is 4.90 Å². The average Bonchev–Trinajstić information content (AvgIpc) is 3.05. The maximum atomic E-state index is 14.3. The third kappa shape index (κ3) is 7.76. The minimum absolute atomic E-state index is 0.0172. The molecule has 0 amide bonds. The number of methoxy groups -OCH3 is 1. The Hall–Kier alpha value is -3.61. The van der Waals surface area contributed by atoms with Crippen LogP contribution in [0.15, 0.2) is 51.2 Å². The molecule has 0 bridgehead atoms. The molecule has 256 valence electrons. The van der Waals surface area contributed by atoms with Crippen molar-refractivity contribution >= 4 is 11.0 Å². The van der Waals surface area contributed by atoms with Crippen LogP contribution in [-0.4, -0.2) is 89.4 Å². The van der Waals surface area contributed by atoms with Crippen LogP contribution in [0.3, 0.4) is 0 Å². The first-order valence-electron chi connectivity index (χ1n) is 16.3. The number of ether oxygens (including phenoxy) is 4. The van der Waals surface area contributed by atoms with Crippen LogP contribution in [-0.2, 0) is 11.2 Å². The summed E-state index contributed by atoms with van der Waals surface area (Å²) in [5, 5.41) is 42.4. The predicted octanol–water partition coefficient (Wildman–Crippen LogP) is 4.39. The van der Waals surface area contributed by atoms with Crippen LogP contribution in [0.5, 0.6) is 23.0 Å². The number of likely N-dealkylation sites (tertiary alicyclic amines) is 1. The number of rotatable bonds is 11. The second-order valence-corrected chi connectivity index (χ2v) is 12.9. The molecule has 0 unspecified atom stereocenters. The van der Waals surface area contributed by atoms with Gasteiger partial charge >= 0.3 is 0 Å². The molecule has 2 aliphatic rings. The maximum absolute atomic E-state index is 14.3. The summed E-state index contributed by atoms with van der Waals surface area (Å²) < 4.78 is 29.7. The van der Waals surface area contributed by atoms with Crippen LogP contribution in [0.25, 0.3) is 22.3 Å². The van der Waals surface area contributed by atoms with Gasteiger partial charge in [0.1, 0.15) is 46.5 Å². The Kier molecular flexibility index (Phi) is 11.1. The van der Waals surface area contributed by atoms with Crippen molar-refractivity contribution in [1.29, 1.82) is 0 Å². The second kappa shape index (κ2) is 15.1. The first-order valence-corrected chi connectivity index (χ1v) is 16.3. The smallest absolute Gasteiger partial charge is 0.239 e. The van der Waals surface area contributed by atoms with Crippen molar-refractivity contribution in [3.8, 4) is 34.3 Å². The number of nitrogens with zero attached hydrogens (tertiary/aromatic N) is 1. The van der Waals surface area contributed by atoms with Crippen LogP contribution in [0.1, 0.15) is 52.5 Å². The molecule has 3 aromatic rings. The molecule has 5 rings (SSSR count). The van der Waals surface area contributed by atoms with E-state index in [0.29, 0.717) is 35.7 Å². The minimum Gasteiger partial charge on any atom is -0.507 e. The van der Waals surface area contributed by atoms with Gasteiger partial charge in [0.2, 0.25) is 17.5 Å². The number of benzene rings is 2. The Bertz CT molecular complexity index is 1600. The molecule has 47 heavy (non-hydrogen) atoms. The topological polar surface area (TPSA) is 151 Å². The molecule has 0 radical (unpaired) electrons. The highest BCUT2D eigenvalue weighted by Gasteiger charge is 2.44. The zero-order valence-corrected chi connectivity index (χ0v) is 27.8. The summed E-state index contributed by atoms with van der Waals surface area (Å²) in [6, 6.07) is 8.20. The van der Waals surface area contributed by atoms with E-state index in [-0.39, 0.29) is 28.2 Å². The van der Waals surface area contributed by atoms with Crippen molar-refractivity contribution in [2.45, 2.75) is 84.1 Å². The fourth-order valence-electron chi connectivity index (χ4n) is 6.01. The zero-order valence-electron chi connectivity index (χ0n) is 27.8. The summed E-state index contributed by atoms with van der Waals surface area (Å²) in [6.07, 6.45) is -1.48. The molecular weight excluding hydrogens is 606 g/mol. The van der Waals surface area contributed by atoms with Gasteiger partial charge in [-0.2, -0.15) is 0 Å². The number of piperidine rings is 1. The normalized spacial score (nSPS) is 23.9. The highest BCUT2D eigenvalue weighted by atomic mass is 16.7. The van der Waals surface area contributed by atoms with Crippen molar-refractivity contribution < 1.29 is 43.8 Å². The monoisotopic (exact) mass is 653 g/mol. The Morgan fingerprint density at radius 3 is 2.40 bits per heavy atom. The number of phenols is 1. The zero-order chi connectivity index (χ0) is 33.8. The molecule has 2 aliphatic heterocycles. The molecule has 0 spiro atoms. The molecule has 2 fully saturated rings. The molecule has 1 aromatic heterocycles. The number of aliphatic hydroxyl groups excluding tert-OH is 3. The molecule has 11 heteroatoms. The maximum Gasteiger partial charge on any atom is 0.239 e. The van der Waals surface area contributed by atoms with Crippen LogP contribution in [0.2, 0.25) is 0 Å². The first kappa shape index (κ1) is 34.7. The SMILES string of the molecule is COc1ccc(-c2oc3c(CC=C(C)C)c(OCCCN4CCC(C)CC4)cc(O)c3c(=O)c2O[C@@H]2O[C@@H](C)[C@H](O)[C@@H](O)[C@H]2O)cc1. The molecule has 0 aliphatic carbocycles. The summed E-state index contributed by atoms with van der Waals surface area (Å²) in [5.74, 6) is 1.07. The molecule has 2 aromatic carbocycles. The third-order valence-corrected chi connectivity index (χ3v) is 9.03. The lowest BCUT2D eigenvalue weighted by atomic mass is 9.99. The van der Waals surface area contributed by atoms with Gasteiger partial charge in [-0.05, 0) is 89.7 Å². The Morgan fingerprint density at radius 2 is 1.74 bits per heavy atom. The van der Waals surface area contributed by atoms with Crippen molar-refractivity contribution in [2.75, 3.05) is 33.4 Å². The van der Waals surface area contributed by atoms with Gasteiger partial charge < -0.3 is 48.7 Å². The van der Waals surface area contributed by atoms with E-state index in [9.17, 15) is 25.2 Å². The summed E-state index contributed by atoms with van der Waals surface area (Å²) >= 11 is 0. The average molecular weight is 654 g/mol. The van der Waals surface area contributed by atoms with Gasteiger partial charge in [0.05, 0.1) is 19.8 Å². The lowest BCUT2D eigenvalue weighted by molar-refractivity contribution is -0.268. The van der Waals surface area contributed by atoms with Gasteiger partial charge in [-0.3, -0.25) is 4.79 Å². The number of fused-ring (bicyclic) bond motifs is 1. The number of hydrogen-bond donors (Lipinski definition) is 4. The summed E-state index contributed by atoms with van der Waals surface area (Å²) in [7, 11) is 1.54. The number of hydrogen-bond acceptors (Lipinski definition) is 11. The molecule has 4 N–H and O–H groups in total. The molecule has 2 saturated heterocycles. The van der Waals surface area contributed by atoms with E-state index < -0.39 is 36.1 Å². The molecular formula is C36H47NO10. The number of aromatic hydroxyl groups is 1. The molecule has 5 atom stereocenters. The van der Waals surface area contributed by atoms with E-state index in [4.69, 9.17) is 23.4 Å². The fraction of sp³-hybridized carbons (Fsp3) is 0.528. The Labute approximate surface area is 274 Å².